The van der Waals surface area contributed by atoms with Crippen molar-refractivity contribution in [1.82, 2.24) is 9.13 Å². The maximum absolute atomic E-state index is 12.3. The lowest BCUT2D eigenvalue weighted by atomic mass is 10.2. The van der Waals surface area contributed by atoms with Crippen LogP contribution in [-0.2, 0) is 18.2 Å². The summed E-state index contributed by atoms with van der Waals surface area (Å²) in [5, 5.41) is 2.00. The third kappa shape index (κ3) is 2.83. The third-order valence-electron chi connectivity index (χ3n) is 3.50. The fraction of sp³-hybridized carbons (Fsp3) is 0.188. The number of carbonyl (C=O) groups is 1. The molecule has 0 atom stereocenters. The Kier molecular flexibility index (Phi) is 4.12. The summed E-state index contributed by atoms with van der Waals surface area (Å²) in [6, 6.07) is 11.2. The molecule has 0 N–H and O–H groups in total. The molecule has 0 radical (unpaired) electrons. The van der Waals surface area contributed by atoms with Crippen molar-refractivity contribution in [1.29, 1.82) is 0 Å². The van der Waals surface area contributed by atoms with E-state index < -0.39 is 17.3 Å². The summed E-state index contributed by atoms with van der Waals surface area (Å²) in [5.74, 6) is 0. The van der Waals surface area contributed by atoms with Crippen LogP contribution in [0.1, 0.15) is 5.56 Å². The van der Waals surface area contributed by atoms with E-state index in [1.165, 1.54) is 7.05 Å². The van der Waals surface area contributed by atoms with Crippen molar-refractivity contribution >= 4 is 27.6 Å². The van der Waals surface area contributed by atoms with E-state index in [4.69, 9.17) is 4.74 Å². The minimum absolute atomic E-state index is 0.158. The van der Waals surface area contributed by atoms with Crippen molar-refractivity contribution in [2.75, 3.05) is 6.61 Å². The van der Waals surface area contributed by atoms with Gasteiger partial charge in [-0.05, 0) is 17.0 Å². The number of ether oxygens (including phenoxy) is 1. The van der Waals surface area contributed by atoms with E-state index in [0.717, 1.165) is 26.0 Å². The molecule has 0 fully saturated rings. The summed E-state index contributed by atoms with van der Waals surface area (Å²) >= 11 is 1.16. The molecule has 0 bridgehead atoms. The normalized spacial score (nSPS) is 10.8. The number of fused-ring (bicyclic) bond motifs is 1. The molecule has 0 saturated heterocycles. The van der Waals surface area contributed by atoms with E-state index in [-0.39, 0.29) is 6.61 Å². The zero-order chi connectivity index (χ0) is 16.4. The summed E-state index contributed by atoms with van der Waals surface area (Å²) in [6.45, 7) is 0.158. The van der Waals surface area contributed by atoms with Crippen molar-refractivity contribution in [3.8, 4) is 0 Å². The fourth-order valence-electron chi connectivity index (χ4n) is 2.27. The maximum atomic E-state index is 12.3. The van der Waals surface area contributed by atoms with E-state index in [1.54, 1.807) is 11.4 Å². The molecular weight excluding hydrogens is 316 g/mol. The molecule has 3 rings (SSSR count). The van der Waals surface area contributed by atoms with Gasteiger partial charge in [-0.15, -0.1) is 11.3 Å². The van der Waals surface area contributed by atoms with Crippen LogP contribution in [0.25, 0.3) is 10.2 Å². The molecule has 6 nitrogen and oxygen atoms in total. The van der Waals surface area contributed by atoms with Crippen molar-refractivity contribution in [3.05, 3.63) is 68.2 Å². The van der Waals surface area contributed by atoms with Gasteiger partial charge < -0.3 is 4.74 Å². The molecule has 0 unspecified atom stereocenters. The lowest BCUT2D eigenvalue weighted by Gasteiger charge is -2.09. The molecular formula is C16H14N2O4S. The fourth-order valence-corrected chi connectivity index (χ4v) is 3.14. The van der Waals surface area contributed by atoms with Crippen molar-refractivity contribution in [3.63, 3.8) is 0 Å². The Hall–Kier alpha value is -2.67. The Bertz CT molecular complexity index is 969. The number of benzene rings is 1. The van der Waals surface area contributed by atoms with Crippen LogP contribution in [0.3, 0.4) is 0 Å². The van der Waals surface area contributed by atoms with E-state index >= 15 is 0 Å². The first kappa shape index (κ1) is 15.2. The quantitative estimate of drug-likeness (QED) is 0.736. The van der Waals surface area contributed by atoms with E-state index in [1.807, 2.05) is 30.3 Å². The molecule has 118 valence electrons. The van der Waals surface area contributed by atoms with Crippen LogP contribution < -0.4 is 11.2 Å². The molecule has 23 heavy (non-hydrogen) atoms. The largest absolute Gasteiger partial charge is 0.448 e. The molecule has 0 saturated carbocycles. The van der Waals surface area contributed by atoms with Gasteiger partial charge in [0.2, 0.25) is 0 Å². The zero-order valence-corrected chi connectivity index (χ0v) is 13.2. The molecule has 2 aromatic heterocycles. The van der Waals surface area contributed by atoms with Gasteiger partial charge in [0.05, 0.1) is 12.0 Å². The molecule has 0 spiro atoms. The second kappa shape index (κ2) is 6.21. The first-order chi connectivity index (χ1) is 11.1. The van der Waals surface area contributed by atoms with Gasteiger partial charge in [-0.3, -0.25) is 9.36 Å². The lowest BCUT2D eigenvalue weighted by Crippen LogP contribution is -2.40. The van der Waals surface area contributed by atoms with Crippen LogP contribution in [0.2, 0.25) is 0 Å². The SMILES string of the molecule is Cn1c(=O)c2ccsc2n(C(=O)OCCc2ccccc2)c1=O. The number of hydrogen-bond donors (Lipinski definition) is 0. The lowest BCUT2D eigenvalue weighted by molar-refractivity contribution is 0.148. The predicted octanol–water partition coefficient (Wildman–Crippen LogP) is 1.99. The van der Waals surface area contributed by atoms with Crippen molar-refractivity contribution in [2.24, 2.45) is 7.05 Å². The van der Waals surface area contributed by atoms with Crippen LogP contribution >= 0.6 is 11.3 Å². The van der Waals surface area contributed by atoms with Gasteiger partial charge >= 0.3 is 11.8 Å². The monoisotopic (exact) mass is 330 g/mol. The first-order valence-electron chi connectivity index (χ1n) is 7.00. The average Bonchev–Trinajstić information content (AvgIpc) is 3.03. The second-order valence-corrected chi connectivity index (χ2v) is 5.87. The van der Waals surface area contributed by atoms with Gasteiger partial charge in [0.15, 0.2) is 0 Å². The predicted molar refractivity (Wildman–Crippen MR) is 88.2 cm³/mol. The Morgan fingerprint density at radius 3 is 2.65 bits per heavy atom. The Morgan fingerprint density at radius 2 is 1.91 bits per heavy atom. The van der Waals surface area contributed by atoms with Crippen LogP contribution in [0.5, 0.6) is 0 Å². The molecule has 3 aromatic rings. The van der Waals surface area contributed by atoms with E-state index in [9.17, 15) is 14.4 Å². The molecule has 0 aliphatic carbocycles. The summed E-state index contributed by atoms with van der Waals surface area (Å²) < 4.78 is 7.02. The highest BCUT2D eigenvalue weighted by atomic mass is 32.1. The van der Waals surface area contributed by atoms with Gasteiger partial charge in [0, 0.05) is 13.5 Å². The average molecular weight is 330 g/mol. The minimum atomic E-state index is -0.769. The Labute approximate surface area is 135 Å². The molecule has 0 amide bonds. The molecule has 0 aliphatic rings. The van der Waals surface area contributed by atoms with E-state index in [2.05, 4.69) is 0 Å². The Morgan fingerprint density at radius 1 is 1.17 bits per heavy atom. The summed E-state index contributed by atoms with van der Waals surface area (Å²) in [4.78, 5) is 36.8. The summed E-state index contributed by atoms with van der Waals surface area (Å²) in [7, 11) is 1.34. The smallest absolute Gasteiger partial charge is 0.423 e. The topological polar surface area (TPSA) is 70.3 Å². The van der Waals surface area contributed by atoms with Gasteiger partial charge in [-0.25, -0.2) is 9.59 Å². The molecule has 7 heteroatoms. The number of nitrogens with zero attached hydrogens (tertiary/aromatic N) is 2. The molecule has 1 aromatic carbocycles. The number of aromatic nitrogens is 2. The Balaban J connectivity index is 1.85. The number of carbonyl (C=O) groups excluding carboxylic acids is 1. The number of thiophene rings is 1. The van der Waals surface area contributed by atoms with E-state index in [0.29, 0.717) is 16.6 Å². The van der Waals surface area contributed by atoms with Gasteiger partial charge in [-0.2, -0.15) is 4.57 Å². The third-order valence-corrected chi connectivity index (χ3v) is 4.40. The van der Waals surface area contributed by atoms with Crippen LogP contribution in [0.15, 0.2) is 51.4 Å². The van der Waals surface area contributed by atoms with Crippen LogP contribution in [-0.4, -0.2) is 21.8 Å². The number of rotatable bonds is 3. The standard InChI is InChI=1S/C16H14N2O4S/c1-17-13(19)12-8-10-23-14(12)18(15(17)20)16(21)22-9-7-11-5-3-2-4-6-11/h2-6,8,10H,7,9H2,1H3. The highest BCUT2D eigenvalue weighted by Gasteiger charge is 2.18. The number of hydrogen-bond acceptors (Lipinski definition) is 5. The zero-order valence-electron chi connectivity index (χ0n) is 12.4. The van der Waals surface area contributed by atoms with Crippen LogP contribution in [0, 0.1) is 0 Å². The van der Waals surface area contributed by atoms with Crippen molar-refractivity contribution < 1.29 is 9.53 Å². The summed E-state index contributed by atoms with van der Waals surface area (Å²) in [6.07, 6.45) is -0.213. The first-order valence-corrected chi connectivity index (χ1v) is 7.88. The molecule has 0 aliphatic heterocycles. The minimum Gasteiger partial charge on any atom is -0.448 e. The second-order valence-electron chi connectivity index (χ2n) is 4.97. The van der Waals surface area contributed by atoms with Gasteiger partial charge in [0.25, 0.3) is 5.56 Å². The maximum Gasteiger partial charge on any atom is 0.423 e. The molecule has 2 heterocycles. The highest BCUT2D eigenvalue weighted by Crippen LogP contribution is 2.15. The van der Waals surface area contributed by atoms with Gasteiger partial charge in [-0.1, -0.05) is 30.3 Å². The van der Waals surface area contributed by atoms with Gasteiger partial charge in [0.1, 0.15) is 4.83 Å². The van der Waals surface area contributed by atoms with Crippen LogP contribution in [0.4, 0.5) is 4.79 Å². The summed E-state index contributed by atoms with van der Waals surface area (Å²) in [5.41, 5.74) is -0.0800. The van der Waals surface area contributed by atoms with Crippen molar-refractivity contribution in [2.45, 2.75) is 6.42 Å². The highest BCUT2D eigenvalue weighted by molar-refractivity contribution is 7.16.